The summed E-state index contributed by atoms with van der Waals surface area (Å²) in [5.41, 5.74) is 0.634. The fourth-order valence-electron chi connectivity index (χ4n) is 4.06. The smallest absolute Gasteiger partial charge is 0.410 e. The lowest BCUT2D eigenvalue weighted by molar-refractivity contribution is -0.384. The lowest BCUT2D eigenvalue weighted by Crippen LogP contribution is -2.56. The van der Waals surface area contributed by atoms with Gasteiger partial charge in [0.15, 0.2) is 8.32 Å². The number of nitrogens with zero attached hydrogens (tertiary/aromatic N) is 2. The van der Waals surface area contributed by atoms with E-state index in [0.29, 0.717) is 18.5 Å². The molecule has 40 heavy (non-hydrogen) atoms. The molecule has 2 aromatic carbocycles. The highest BCUT2D eigenvalue weighted by Crippen LogP contribution is 2.41. The van der Waals surface area contributed by atoms with Crippen molar-refractivity contribution < 1.29 is 33.1 Å². The zero-order valence-corrected chi connectivity index (χ0v) is 25.0. The number of nitro groups is 1. The number of ether oxygens (including phenoxy) is 3. The summed E-state index contributed by atoms with van der Waals surface area (Å²) in [5, 5.41) is 13.6. The van der Waals surface area contributed by atoms with Gasteiger partial charge in [-0.25, -0.2) is 9.59 Å². The number of likely N-dealkylation sites (tertiary alicyclic amines) is 1. The van der Waals surface area contributed by atoms with E-state index in [1.165, 1.54) is 12.1 Å². The summed E-state index contributed by atoms with van der Waals surface area (Å²) >= 11 is 0. The van der Waals surface area contributed by atoms with E-state index in [1.54, 1.807) is 24.1 Å². The molecule has 1 aliphatic rings. The lowest BCUT2D eigenvalue weighted by Gasteiger charge is -2.44. The first-order valence-electron chi connectivity index (χ1n) is 13.1. The number of non-ortho nitro benzene ring substituents is 1. The van der Waals surface area contributed by atoms with Crippen molar-refractivity contribution in [3.8, 4) is 5.75 Å². The Morgan fingerprint density at radius 1 is 1.02 bits per heavy atom. The fourth-order valence-corrected chi connectivity index (χ4v) is 5.69. The van der Waals surface area contributed by atoms with Gasteiger partial charge in [-0.3, -0.25) is 10.1 Å². The number of rotatable bonds is 10. The molecule has 11 nitrogen and oxygen atoms in total. The van der Waals surface area contributed by atoms with Crippen LogP contribution < -0.4 is 10.1 Å². The molecule has 0 aromatic heterocycles. The molecule has 0 radical (unpaired) electrons. The van der Waals surface area contributed by atoms with Gasteiger partial charge in [0.1, 0.15) is 19.0 Å². The topological polar surface area (TPSA) is 129 Å². The van der Waals surface area contributed by atoms with Crippen LogP contribution in [0.2, 0.25) is 18.1 Å². The molecule has 3 rings (SSSR count). The van der Waals surface area contributed by atoms with Crippen LogP contribution in [0.25, 0.3) is 0 Å². The number of carbonyl (C=O) groups excluding carboxylic acids is 2. The van der Waals surface area contributed by atoms with Crippen LogP contribution in [0.3, 0.4) is 0 Å². The van der Waals surface area contributed by atoms with Gasteiger partial charge in [-0.1, -0.05) is 32.9 Å². The van der Waals surface area contributed by atoms with E-state index < -0.39 is 31.0 Å². The predicted molar refractivity (Wildman–Crippen MR) is 152 cm³/mol. The van der Waals surface area contributed by atoms with Crippen molar-refractivity contribution in [1.29, 1.82) is 0 Å². The second-order valence-electron chi connectivity index (χ2n) is 11.5. The molecular formula is C28H39N3O8Si. The molecule has 0 aliphatic carbocycles. The number of nitro benzene ring substituents is 1. The van der Waals surface area contributed by atoms with Crippen LogP contribution in [0.1, 0.15) is 38.3 Å². The van der Waals surface area contributed by atoms with Crippen LogP contribution in [0.15, 0.2) is 48.5 Å². The van der Waals surface area contributed by atoms with Crippen LogP contribution in [0.4, 0.5) is 15.3 Å². The molecule has 0 unspecified atom stereocenters. The number of benzene rings is 2. The molecule has 1 heterocycles. The SMILES string of the molecule is COc1ccc(COC(=O)N2CC[C@](CNC(=O)OCc3ccc([N+](=O)[O-])cc3)(O[Si](C)(C)C(C)(C)C)C2)cc1. The molecule has 1 aliphatic heterocycles. The highest BCUT2D eigenvalue weighted by molar-refractivity contribution is 6.74. The average molecular weight is 574 g/mol. The van der Waals surface area contributed by atoms with Gasteiger partial charge >= 0.3 is 12.2 Å². The largest absolute Gasteiger partial charge is 0.497 e. The lowest BCUT2D eigenvalue weighted by atomic mass is 10.0. The third kappa shape index (κ3) is 8.18. The van der Waals surface area contributed by atoms with Gasteiger partial charge in [0.2, 0.25) is 0 Å². The van der Waals surface area contributed by atoms with E-state index in [2.05, 4.69) is 39.2 Å². The molecule has 1 fully saturated rings. The first-order chi connectivity index (χ1) is 18.7. The standard InChI is InChI=1S/C28H39N3O8Si/c1-27(2,3)40(5,6)39-28(19-29-25(32)37-17-21-7-11-23(12-8-21)31(34)35)15-16-30(20-28)26(33)38-18-22-9-13-24(36-4)14-10-22/h7-14H,15-20H2,1-6H3,(H,29,32)/t28-/m1/s1. The quantitative estimate of drug-likeness (QED) is 0.220. The van der Waals surface area contributed by atoms with Crippen LogP contribution in [0.5, 0.6) is 5.75 Å². The second-order valence-corrected chi connectivity index (χ2v) is 16.2. The molecule has 0 spiro atoms. The molecule has 0 saturated carbocycles. The van der Waals surface area contributed by atoms with Gasteiger partial charge in [0, 0.05) is 18.7 Å². The van der Waals surface area contributed by atoms with Gasteiger partial charge in [-0.2, -0.15) is 0 Å². The number of hydrogen-bond acceptors (Lipinski definition) is 8. The summed E-state index contributed by atoms with van der Waals surface area (Å²) in [7, 11) is -0.691. The Hall–Kier alpha value is -3.64. The Bertz CT molecular complexity index is 1180. The Balaban J connectivity index is 1.62. The van der Waals surface area contributed by atoms with E-state index in [0.717, 1.165) is 11.3 Å². The minimum Gasteiger partial charge on any atom is -0.497 e. The van der Waals surface area contributed by atoms with E-state index >= 15 is 0 Å². The number of alkyl carbamates (subject to hydrolysis) is 1. The van der Waals surface area contributed by atoms with Crippen molar-refractivity contribution in [2.75, 3.05) is 26.7 Å². The van der Waals surface area contributed by atoms with Gasteiger partial charge in [-0.05, 0) is 59.9 Å². The first kappa shape index (κ1) is 30.9. The van der Waals surface area contributed by atoms with E-state index in [4.69, 9.17) is 18.6 Å². The molecule has 1 atom stereocenters. The first-order valence-corrected chi connectivity index (χ1v) is 16.0. The van der Waals surface area contributed by atoms with Gasteiger partial charge in [-0.15, -0.1) is 0 Å². The highest BCUT2D eigenvalue weighted by atomic mass is 28.4. The molecule has 2 amide bonds. The summed E-state index contributed by atoms with van der Waals surface area (Å²) in [5.74, 6) is 0.723. The van der Waals surface area contributed by atoms with Crippen molar-refractivity contribution in [1.82, 2.24) is 10.2 Å². The van der Waals surface area contributed by atoms with Crippen molar-refractivity contribution in [2.45, 2.75) is 64.1 Å². The van der Waals surface area contributed by atoms with E-state index in [9.17, 15) is 19.7 Å². The molecule has 12 heteroatoms. The van der Waals surface area contributed by atoms with Crippen molar-refractivity contribution in [3.05, 3.63) is 69.8 Å². The van der Waals surface area contributed by atoms with Gasteiger partial charge in [0.25, 0.3) is 5.69 Å². The Morgan fingerprint density at radius 2 is 1.60 bits per heavy atom. The normalized spacial score (nSPS) is 17.3. The summed E-state index contributed by atoms with van der Waals surface area (Å²) < 4.78 is 22.9. The zero-order valence-electron chi connectivity index (χ0n) is 24.0. The maximum Gasteiger partial charge on any atom is 0.410 e. The van der Waals surface area contributed by atoms with Crippen LogP contribution in [-0.4, -0.2) is 62.7 Å². The number of methoxy groups -OCH3 is 1. The van der Waals surface area contributed by atoms with E-state index in [1.807, 2.05) is 24.3 Å². The van der Waals surface area contributed by atoms with E-state index in [-0.39, 0.29) is 37.0 Å². The van der Waals surface area contributed by atoms with Crippen LogP contribution in [-0.2, 0) is 27.1 Å². The minimum atomic E-state index is -2.28. The number of carbonyl (C=O) groups is 2. The maximum absolute atomic E-state index is 12.9. The Kier molecular flexibility index (Phi) is 9.80. The van der Waals surface area contributed by atoms with Crippen LogP contribution in [0, 0.1) is 10.1 Å². The Labute approximate surface area is 236 Å². The number of hydrogen-bond donors (Lipinski definition) is 1. The number of amides is 2. The second kappa shape index (κ2) is 12.7. The third-order valence-corrected chi connectivity index (χ3v) is 12.0. The average Bonchev–Trinajstić information content (AvgIpc) is 3.32. The van der Waals surface area contributed by atoms with Crippen molar-refractivity contribution in [3.63, 3.8) is 0 Å². The molecule has 218 valence electrons. The van der Waals surface area contributed by atoms with Crippen LogP contribution >= 0.6 is 0 Å². The fraction of sp³-hybridized carbons (Fsp3) is 0.500. The van der Waals surface area contributed by atoms with Gasteiger partial charge < -0.3 is 28.9 Å². The van der Waals surface area contributed by atoms with Crippen molar-refractivity contribution >= 4 is 26.2 Å². The zero-order chi connectivity index (χ0) is 29.6. The molecule has 1 N–H and O–H groups in total. The highest BCUT2D eigenvalue weighted by Gasteiger charge is 2.49. The molecule has 0 bridgehead atoms. The summed E-state index contributed by atoms with van der Waals surface area (Å²) in [6.45, 7) is 11.6. The summed E-state index contributed by atoms with van der Waals surface area (Å²) in [6.07, 6.45) is -0.561. The molecule has 1 saturated heterocycles. The summed E-state index contributed by atoms with van der Waals surface area (Å²) in [6, 6.07) is 13.1. The van der Waals surface area contributed by atoms with Crippen molar-refractivity contribution in [2.24, 2.45) is 0 Å². The molecular weight excluding hydrogens is 534 g/mol. The minimum absolute atomic E-state index is 0.0359. The molecule has 2 aromatic rings. The monoisotopic (exact) mass is 573 g/mol. The predicted octanol–water partition coefficient (Wildman–Crippen LogP) is 5.63. The third-order valence-electron chi connectivity index (χ3n) is 7.45. The summed E-state index contributed by atoms with van der Waals surface area (Å²) in [4.78, 5) is 37.5. The number of nitrogens with one attached hydrogen (secondary N) is 1. The maximum atomic E-state index is 12.9. The Morgan fingerprint density at radius 3 is 2.15 bits per heavy atom. The van der Waals surface area contributed by atoms with Gasteiger partial charge in [0.05, 0.1) is 30.7 Å².